The summed E-state index contributed by atoms with van der Waals surface area (Å²) in [5.41, 5.74) is 1.21. The Kier molecular flexibility index (Phi) is 8.69. The highest BCUT2D eigenvalue weighted by molar-refractivity contribution is 6.30. The number of methoxy groups -OCH3 is 1. The van der Waals surface area contributed by atoms with Gasteiger partial charge in [0.25, 0.3) is 0 Å². The van der Waals surface area contributed by atoms with Crippen molar-refractivity contribution in [2.24, 2.45) is 0 Å². The van der Waals surface area contributed by atoms with Gasteiger partial charge in [-0.25, -0.2) is 9.59 Å². The molecule has 0 aliphatic carbocycles. The van der Waals surface area contributed by atoms with E-state index in [-0.39, 0.29) is 13.2 Å². The Morgan fingerprint density at radius 2 is 1.57 bits per heavy atom. The second-order valence-corrected chi connectivity index (χ2v) is 8.11. The van der Waals surface area contributed by atoms with Gasteiger partial charge < -0.3 is 18.9 Å². The highest BCUT2D eigenvalue weighted by atomic mass is 35.5. The van der Waals surface area contributed by atoms with Crippen LogP contribution < -0.4 is 4.74 Å². The van der Waals surface area contributed by atoms with E-state index in [4.69, 9.17) is 30.5 Å². The van der Waals surface area contributed by atoms with Crippen LogP contribution >= 0.6 is 11.6 Å². The first kappa shape index (κ1) is 23.7. The predicted octanol–water partition coefficient (Wildman–Crippen LogP) is 4.36. The fourth-order valence-electron chi connectivity index (χ4n) is 2.57. The van der Waals surface area contributed by atoms with Crippen LogP contribution in [0.3, 0.4) is 0 Å². The quantitative estimate of drug-likeness (QED) is 0.546. The van der Waals surface area contributed by atoms with Crippen LogP contribution in [0, 0.1) is 0 Å². The first-order valence-electron chi connectivity index (χ1n) is 9.54. The molecule has 6 nitrogen and oxygen atoms in total. The largest absolute Gasteiger partial charge is 0.482 e. The molecule has 0 bridgehead atoms. The van der Waals surface area contributed by atoms with Gasteiger partial charge in [0.05, 0.1) is 13.7 Å². The SMILES string of the molecule is COC(=O)C(Cc1ccc(OCC(=O)OC(C)(C)C)cc1)OCc1ccc(Cl)cc1. The molecule has 1 atom stereocenters. The van der Waals surface area contributed by atoms with E-state index in [1.165, 1.54) is 7.11 Å². The topological polar surface area (TPSA) is 71.1 Å². The lowest BCUT2D eigenvalue weighted by Crippen LogP contribution is -2.28. The van der Waals surface area contributed by atoms with Gasteiger partial charge in [-0.2, -0.15) is 0 Å². The van der Waals surface area contributed by atoms with Crippen molar-refractivity contribution in [3.8, 4) is 5.75 Å². The molecule has 0 radical (unpaired) electrons. The van der Waals surface area contributed by atoms with E-state index in [9.17, 15) is 9.59 Å². The van der Waals surface area contributed by atoms with Gasteiger partial charge in [-0.3, -0.25) is 0 Å². The van der Waals surface area contributed by atoms with Crippen LogP contribution in [0.25, 0.3) is 0 Å². The molecule has 0 N–H and O–H groups in total. The molecular formula is C23H27ClO6. The maximum absolute atomic E-state index is 12.1. The van der Waals surface area contributed by atoms with Gasteiger partial charge in [0.1, 0.15) is 11.4 Å². The molecule has 2 rings (SSSR count). The fourth-order valence-corrected chi connectivity index (χ4v) is 2.69. The number of esters is 2. The van der Waals surface area contributed by atoms with Gasteiger partial charge in [0.15, 0.2) is 12.7 Å². The van der Waals surface area contributed by atoms with E-state index in [1.807, 2.05) is 24.3 Å². The van der Waals surface area contributed by atoms with E-state index in [2.05, 4.69) is 0 Å². The molecule has 0 saturated heterocycles. The van der Waals surface area contributed by atoms with Crippen molar-refractivity contribution in [3.63, 3.8) is 0 Å². The molecule has 0 saturated carbocycles. The van der Waals surface area contributed by atoms with Crippen molar-refractivity contribution >= 4 is 23.5 Å². The van der Waals surface area contributed by atoms with Crippen LogP contribution in [0.5, 0.6) is 5.75 Å². The van der Waals surface area contributed by atoms with E-state index >= 15 is 0 Å². The van der Waals surface area contributed by atoms with E-state index < -0.39 is 23.6 Å². The summed E-state index contributed by atoms with van der Waals surface area (Å²) < 4.78 is 21.3. The van der Waals surface area contributed by atoms with Gasteiger partial charge in [0, 0.05) is 11.4 Å². The zero-order chi connectivity index (χ0) is 22.1. The lowest BCUT2D eigenvalue weighted by atomic mass is 10.1. The summed E-state index contributed by atoms with van der Waals surface area (Å²) in [6, 6.07) is 14.3. The summed E-state index contributed by atoms with van der Waals surface area (Å²) in [6.07, 6.45) is -0.411. The van der Waals surface area contributed by atoms with Crippen molar-refractivity contribution in [1.29, 1.82) is 0 Å². The summed E-state index contributed by atoms with van der Waals surface area (Å²) >= 11 is 5.88. The average molecular weight is 435 g/mol. The molecule has 0 aromatic heterocycles. The molecule has 0 fully saturated rings. The Morgan fingerprint density at radius 3 is 2.13 bits per heavy atom. The van der Waals surface area contributed by atoms with Gasteiger partial charge in [-0.1, -0.05) is 35.9 Å². The molecule has 0 heterocycles. The number of carbonyl (C=O) groups is 2. The zero-order valence-electron chi connectivity index (χ0n) is 17.6. The molecule has 30 heavy (non-hydrogen) atoms. The minimum absolute atomic E-state index is 0.175. The van der Waals surface area contributed by atoms with E-state index in [1.54, 1.807) is 45.0 Å². The number of carbonyl (C=O) groups excluding carboxylic acids is 2. The highest BCUT2D eigenvalue weighted by Crippen LogP contribution is 2.17. The second kappa shape index (κ2) is 11.0. The molecule has 0 spiro atoms. The number of hydrogen-bond donors (Lipinski definition) is 0. The first-order chi connectivity index (χ1) is 14.2. The molecular weight excluding hydrogens is 408 g/mol. The number of hydrogen-bond acceptors (Lipinski definition) is 6. The Morgan fingerprint density at radius 1 is 0.967 bits per heavy atom. The second-order valence-electron chi connectivity index (χ2n) is 7.67. The van der Waals surface area contributed by atoms with Gasteiger partial charge in [0.2, 0.25) is 0 Å². The van der Waals surface area contributed by atoms with Crippen molar-refractivity contribution in [1.82, 2.24) is 0 Å². The Hall–Kier alpha value is -2.57. The molecule has 1 unspecified atom stereocenters. The Balaban J connectivity index is 1.91. The normalized spacial score (nSPS) is 12.2. The fraction of sp³-hybridized carbons (Fsp3) is 0.391. The first-order valence-corrected chi connectivity index (χ1v) is 9.91. The highest BCUT2D eigenvalue weighted by Gasteiger charge is 2.21. The molecule has 2 aromatic carbocycles. The third-order valence-electron chi connectivity index (χ3n) is 3.95. The van der Waals surface area contributed by atoms with Gasteiger partial charge in [-0.15, -0.1) is 0 Å². The summed E-state index contributed by atoms with van der Waals surface area (Å²) in [5.74, 6) is -0.358. The maximum Gasteiger partial charge on any atom is 0.344 e. The molecule has 0 aliphatic rings. The monoisotopic (exact) mass is 434 g/mol. The maximum atomic E-state index is 12.1. The minimum Gasteiger partial charge on any atom is -0.482 e. The zero-order valence-corrected chi connectivity index (χ0v) is 18.4. The third-order valence-corrected chi connectivity index (χ3v) is 4.20. The van der Waals surface area contributed by atoms with Crippen molar-refractivity contribution < 1.29 is 28.5 Å². The lowest BCUT2D eigenvalue weighted by molar-refractivity contribution is -0.157. The Bertz CT molecular complexity index is 824. The molecule has 162 valence electrons. The van der Waals surface area contributed by atoms with Gasteiger partial charge >= 0.3 is 11.9 Å². The van der Waals surface area contributed by atoms with Crippen LogP contribution in [0.4, 0.5) is 0 Å². The van der Waals surface area contributed by atoms with E-state index in [0.29, 0.717) is 17.2 Å². The van der Waals surface area contributed by atoms with Gasteiger partial charge in [-0.05, 0) is 56.2 Å². The standard InChI is InChI=1S/C23H27ClO6/c1-23(2,3)30-21(25)15-28-19-11-7-16(8-12-19)13-20(22(26)27-4)29-14-17-5-9-18(24)10-6-17/h5-12,20H,13-15H2,1-4H3. The summed E-state index contributed by atoms with van der Waals surface area (Å²) in [7, 11) is 1.33. The van der Waals surface area contributed by atoms with Crippen LogP contribution in [0.1, 0.15) is 31.9 Å². The molecule has 2 aromatic rings. The van der Waals surface area contributed by atoms with Crippen LogP contribution in [0.2, 0.25) is 5.02 Å². The number of benzene rings is 2. The molecule has 0 amide bonds. The molecule has 7 heteroatoms. The van der Waals surface area contributed by atoms with Crippen LogP contribution in [0.15, 0.2) is 48.5 Å². The Labute approximate surface area is 182 Å². The number of ether oxygens (including phenoxy) is 4. The number of halogens is 1. The van der Waals surface area contributed by atoms with Crippen molar-refractivity contribution in [2.75, 3.05) is 13.7 Å². The predicted molar refractivity (Wildman–Crippen MR) is 114 cm³/mol. The van der Waals surface area contributed by atoms with Crippen molar-refractivity contribution in [3.05, 3.63) is 64.7 Å². The van der Waals surface area contributed by atoms with Crippen molar-refractivity contribution in [2.45, 2.75) is 45.5 Å². The molecule has 0 aliphatic heterocycles. The van der Waals surface area contributed by atoms with E-state index in [0.717, 1.165) is 11.1 Å². The average Bonchev–Trinajstić information content (AvgIpc) is 2.70. The third kappa shape index (κ3) is 8.43. The van der Waals surface area contributed by atoms with Crippen LogP contribution in [-0.4, -0.2) is 37.4 Å². The number of rotatable bonds is 9. The smallest absolute Gasteiger partial charge is 0.344 e. The van der Waals surface area contributed by atoms with Crippen LogP contribution in [-0.2, 0) is 36.8 Å². The summed E-state index contributed by atoms with van der Waals surface area (Å²) in [5, 5.41) is 0.636. The summed E-state index contributed by atoms with van der Waals surface area (Å²) in [6.45, 7) is 5.48. The summed E-state index contributed by atoms with van der Waals surface area (Å²) in [4.78, 5) is 23.8. The minimum atomic E-state index is -0.751. The lowest BCUT2D eigenvalue weighted by Gasteiger charge is -2.19.